The molecule has 0 saturated carbocycles. The number of nitrogens with zero attached hydrogens (tertiary/aromatic N) is 1. The predicted octanol–water partition coefficient (Wildman–Crippen LogP) is 2.68. The molecular formula is C18H30N2O. The number of likely N-dealkylation sites (tertiary alicyclic amines) is 1. The van der Waals surface area contributed by atoms with Gasteiger partial charge in [-0.05, 0) is 43.3 Å². The van der Waals surface area contributed by atoms with Crippen molar-refractivity contribution in [3.05, 3.63) is 35.9 Å². The average Bonchev–Trinajstić information content (AvgIpc) is 2.53. The highest BCUT2D eigenvalue weighted by Crippen LogP contribution is 2.25. The average molecular weight is 290 g/mol. The molecule has 1 aromatic rings. The standard InChI is InChI=1S/C18H30N2O/c1-3-19-18(17-9-5-4-6-10-17)15(2)12-20-11-7-8-16(13-20)14-21/h4-6,9-10,15-16,18-19,21H,3,7-8,11-14H2,1-2H3. The van der Waals surface area contributed by atoms with Crippen molar-refractivity contribution in [3.8, 4) is 0 Å². The van der Waals surface area contributed by atoms with Gasteiger partial charge in [0.15, 0.2) is 0 Å². The quantitative estimate of drug-likeness (QED) is 0.810. The van der Waals surface area contributed by atoms with Crippen LogP contribution in [-0.2, 0) is 0 Å². The van der Waals surface area contributed by atoms with Gasteiger partial charge in [0.25, 0.3) is 0 Å². The van der Waals surface area contributed by atoms with Gasteiger partial charge in [0, 0.05) is 25.7 Å². The summed E-state index contributed by atoms with van der Waals surface area (Å²) in [4.78, 5) is 2.53. The van der Waals surface area contributed by atoms with E-state index in [0.717, 1.165) is 19.6 Å². The monoisotopic (exact) mass is 290 g/mol. The minimum atomic E-state index is 0.334. The molecule has 3 heteroatoms. The molecule has 2 rings (SSSR count). The molecule has 0 aliphatic carbocycles. The van der Waals surface area contributed by atoms with E-state index in [0.29, 0.717) is 24.5 Å². The zero-order valence-electron chi connectivity index (χ0n) is 13.5. The van der Waals surface area contributed by atoms with Crippen molar-refractivity contribution in [1.29, 1.82) is 0 Å². The summed E-state index contributed by atoms with van der Waals surface area (Å²) >= 11 is 0. The van der Waals surface area contributed by atoms with Crippen molar-refractivity contribution in [1.82, 2.24) is 10.2 Å². The summed E-state index contributed by atoms with van der Waals surface area (Å²) in [5, 5.41) is 13.0. The second kappa shape index (κ2) is 8.52. The van der Waals surface area contributed by atoms with Crippen LogP contribution in [0.4, 0.5) is 0 Å². The zero-order valence-corrected chi connectivity index (χ0v) is 13.5. The molecule has 3 nitrogen and oxygen atoms in total. The van der Waals surface area contributed by atoms with Crippen LogP contribution in [0.5, 0.6) is 0 Å². The van der Waals surface area contributed by atoms with Crippen molar-refractivity contribution in [2.45, 2.75) is 32.7 Å². The number of hydrogen-bond donors (Lipinski definition) is 2. The van der Waals surface area contributed by atoms with E-state index in [9.17, 15) is 5.11 Å². The molecule has 2 N–H and O–H groups in total. The van der Waals surface area contributed by atoms with Gasteiger partial charge in [-0.1, -0.05) is 44.2 Å². The molecule has 1 saturated heterocycles. The topological polar surface area (TPSA) is 35.5 Å². The Morgan fingerprint density at radius 3 is 2.76 bits per heavy atom. The van der Waals surface area contributed by atoms with Crippen LogP contribution in [0.25, 0.3) is 0 Å². The highest BCUT2D eigenvalue weighted by molar-refractivity contribution is 5.19. The molecule has 0 aromatic heterocycles. The fraction of sp³-hybridized carbons (Fsp3) is 0.667. The number of rotatable bonds is 7. The van der Waals surface area contributed by atoms with Crippen LogP contribution >= 0.6 is 0 Å². The maximum Gasteiger partial charge on any atom is 0.0471 e. The van der Waals surface area contributed by atoms with E-state index in [1.165, 1.54) is 24.9 Å². The molecular weight excluding hydrogens is 260 g/mol. The fourth-order valence-electron chi connectivity index (χ4n) is 3.51. The summed E-state index contributed by atoms with van der Waals surface area (Å²) in [7, 11) is 0. The largest absolute Gasteiger partial charge is 0.396 e. The lowest BCUT2D eigenvalue weighted by atomic mass is 9.92. The van der Waals surface area contributed by atoms with E-state index in [2.05, 4.69) is 54.4 Å². The van der Waals surface area contributed by atoms with Crippen LogP contribution in [-0.4, -0.2) is 42.8 Å². The fourth-order valence-corrected chi connectivity index (χ4v) is 3.51. The summed E-state index contributed by atoms with van der Waals surface area (Å²) in [6.07, 6.45) is 2.39. The van der Waals surface area contributed by atoms with Crippen molar-refractivity contribution < 1.29 is 5.11 Å². The Balaban J connectivity index is 1.97. The van der Waals surface area contributed by atoms with Gasteiger partial charge in [0.2, 0.25) is 0 Å². The molecule has 21 heavy (non-hydrogen) atoms. The lowest BCUT2D eigenvalue weighted by molar-refractivity contribution is 0.104. The maximum absolute atomic E-state index is 9.38. The Kier molecular flexibility index (Phi) is 6.68. The van der Waals surface area contributed by atoms with Gasteiger partial charge in [-0.15, -0.1) is 0 Å². The van der Waals surface area contributed by atoms with Gasteiger partial charge in [-0.25, -0.2) is 0 Å². The van der Waals surface area contributed by atoms with E-state index >= 15 is 0 Å². The molecule has 1 aliphatic rings. The number of aliphatic hydroxyl groups is 1. The van der Waals surface area contributed by atoms with Gasteiger partial charge in [-0.2, -0.15) is 0 Å². The Hall–Kier alpha value is -0.900. The number of aliphatic hydroxyl groups excluding tert-OH is 1. The molecule has 118 valence electrons. The third-order valence-electron chi connectivity index (χ3n) is 4.56. The molecule has 1 aliphatic heterocycles. The van der Waals surface area contributed by atoms with Crippen molar-refractivity contribution in [2.24, 2.45) is 11.8 Å². The molecule has 3 atom stereocenters. The van der Waals surface area contributed by atoms with E-state index < -0.39 is 0 Å². The minimum Gasteiger partial charge on any atom is -0.396 e. The van der Waals surface area contributed by atoms with Crippen LogP contribution in [0, 0.1) is 11.8 Å². The minimum absolute atomic E-state index is 0.334. The number of nitrogens with one attached hydrogen (secondary N) is 1. The molecule has 3 unspecified atom stereocenters. The molecule has 0 amide bonds. The van der Waals surface area contributed by atoms with Gasteiger partial charge < -0.3 is 15.3 Å². The van der Waals surface area contributed by atoms with Gasteiger partial charge in [-0.3, -0.25) is 0 Å². The van der Waals surface area contributed by atoms with Crippen LogP contribution < -0.4 is 5.32 Å². The van der Waals surface area contributed by atoms with E-state index in [-0.39, 0.29) is 0 Å². The van der Waals surface area contributed by atoms with Crippen LogP contribution in [0.3, 0.4) is 0 Å². The summed E-state index contributed by atoms with van der Waals surface area (Å²) in [5.74, 6) is 1.03. The highest BCUT2D eigenvalue weighted by atomic mass is 16.3. The lowest BCUT2D eigenvalue weighted by Crippen LogP contribution is -2.42. The summed E-state index contributed by atoms with van der Waals surface area (Å²) in [6.45, 7) is 9.16. The van der Waals surface area contributed by atoms with Gasteiger partial charge >= 0.3 is 0 Å². The second-order valence-electron chi connectivity index (χ2n) is 6.37. The first-order valence-corrected chi connectivity index (χ1v) is 8.36. The van der Waals surface area contributed by atoms with Crippen LogP contribution in [0.1, 0.15) is 38.3 Å². The van der Waals surface area contributed by atoms with Crippen molar-refractivity contribution >= 4 is 0 Å². The van der Waals surface area contributed by atoms with Crippen LogP contribution in [0.2, 0.25) is 0 Å². The Bertz CT molecular complexity index is 395. The molecule has 0 bridgehead atoms. The number of piperidine rings is 1. The number of hydrogen-bond acceptors (Lipinski definition) is 3. The predicted molar refractivity (Wildman–Crippen MR) is 88.3 cm³/mol. The smallest absolute Gasteiger partial charge is 0.0471 e. The number of benzene rings is 1. The third-order valence-corrected chi connectivity index (χ3v) is 4.56. The third kappa shape index (κ3) is 4.80. The summed E-state index contributed by atoms with van der Waals surface area (Å²) in [6, 6.07) is 11.2. The Morgan fingerprint density at radius 2 is 2.10 bits per heavy atom. The Labute approximate surface area is 129 Å². The van der Waals surface area contributed by atoms with Crippen molar-refractivity contribution in [2.75, 3.05) is 32.8 Å². The van der Waals surface area contributed by atoms with Crippen LogP contribution in [0.15, 0.2) is 30.3 Å². The highest BCUT2D eigenvalue weighted by Gasteiger charge is 2.24. The Morgan fingerprint density at radius 1 is 1.33 bits per heavy atom. The first-order chi connectivity index (χ1) is 10.2. The molecule has 1 aromatic carbocycles. The summed E-state index contributed by atoms with van der Waals surface area (Å²) in [5.41, 5.74) is 1.38. The molecule has 0 spiro atoms. The van der Waals surface area contributed by atoms with E-state index in [4.69, 9.17) is 0 Å². The molecule has 1 heterocycles. The lowest BCUT2D eigenvalue weighted by Gasteiger charge is -2.36. The normalized spacial score (nSPS) is 22.9. The maximum atomic E-state index is 9.38. The van der Waals surface area contributed by atoms with E-state index in [1.807, 2.05) is 0 Å². The second-order valence-corrected chi connectivity index (χ2v) is 6.37. The van der Waals surface area contributed by atoms with Gasteiger partial charge in [0.05, 0.1) is 0 Å². The first-order valence-electron chi connectivity index (χ1n) is 8.36. The van der Waals surface area contributed by atoms with E-state index in [1.54, 1.807) is 0 Å². The van der Waals surface area contributed by atoms with Gasteiger partial charge in [0.1, 0.15) is 0 Å². The molecule has 0 radical (unpaired) electrons. The SMILES string of the molecule is CCNC(c1ccccc1)C(C)CN1CCCC(CO)C1. The first kappa shape index (κ1) is 16.5. The zero-order chi connectivity index (χ0) is 15.1. The summed E-state index contributed by atoms with van der Waals surface area (Å²) < 4.78 is 0. The van der Waals surface area contributed by atoms with Crippen molar-refractivity contribution in [3.63, 3.8) is 0 Å². The molecule has 1 fully saturated rings.